The standard InChI is InChI=1S/C19H23N5OS/c1-11-10-26-17-15(11)23-19(21-12(2)14-8-3-4-9-20-14)24-16(17)18(25)22-13-6-5-7-13/h3-4,8-10,12-13,18,22,25H,5-7H2,1-2H3,(H,21,23,24). The Labute approximate surface area is 156 Å². The molecule has 3 heterocycles. The van der Waals surface area contributed by atoms with Crippen molar-refractivity contribution in [3.8, 4) is 0 Å². The lowest BCUT2D eigenvalue weighted by Gasteiger charge is -2.29. The van der Waals surface area contributed by atoms with Crippen molar-refractivity contribution in [3.05, 3.63) is 46.7 Å². The molecule has 26 heavy (non-hydrogen) atoms. The number of rotatable bonds is 6. The lowest BCUT2D eigenvalue weighted by Crippen LogP contribution is -2.38. The van der Waals surface area contributed by atoms with Crippen LogP contribution in [0.3, 0.4) is 0 Å². The lowest BCUT2D eigenvalue weighted by atomic mass is 9.93. The molecule has 0 aromatic carbocycles. The summed E-state index contributed by atoms with van der Waals surface area (Å²) in [7, 11) is 0. The first kappa shape index (κ1) is 17.3. The molecule has 1 saturated carbocycles. The molecule has 0 bridgehead atoms. The van der Waals surface area contributed by atoms with Gasteiger partial charge in [-0.15, -0.1) is 11.3 Å². The average molecular weight is 369 g/mol. The van der Waals surface area contributed by atoms with Gasteiger partial charge >= 0.3 is 0 Å². The highest BCUT2D eigenvalue weighted by Crippen LogP contribution is 2.32. The Balaban J connectivity index is 1.65. The number of fused-ring (bicyclic) bond motifs is 1. The molecule has 3 aromatic heterocycles. The van der Waals surface area contributed by atoms with E-state index in [0.29, 0.717) is 17.7 Å². The van der Waals surface area contributed by atoms with E-state index in [0.717, 1.165) is 34.3 Å². The fourth-order valence-corrected chi connectivity index (χ4v) is 4.08. The van der Waals surface area contributed by atoms with Crippen molar-refractivity contribution >= 4 is 27.5 Å². The molecule has 2 unspecified atom stereocenters. The number of anilines is 1. The van der Waals surface area contributed by atoms with E-state index in [1.807, 2.05) is 32.0 Å². The largest absolute Gasteiger partial charge is 0.373 e. The molecule has 0 saturated heterocycles. The van der Waals surface area contributed by atoms with Gasteiger partial charge in [-0.2, -0.15) is 0 Å². The van der Waals surface area contributed by atoms with Crippen molar-refractivity contribution in [2.45, 2.75) is 51.4 Å². The summed E-state index contributed by atoms with van der Waals surface area (Å²) in [6.45, 7) is 4.06. The highest BCUT2D eigenvalue weighted by molar-refractivity contribution is 7.17. The summed E-state index contributed by atoms with van der Waals surface area (Å²) in [6.07, 6.45) is 4.43. The van der Waals surface area contributed by atoms with Crippen molar-refractivity contribution in [3.63, 3.8) is 0 Å². The van der Waals surface area contributed by atoms with E-state index >= 15 is 0 Å². The second-order valence-electron chi connectivity index (χ2n) is 6.85. The Bertz CT molecular complexity index is 894. The van der Waals surface area contributed by atoms with Gasteiger partial charge in [0.15, 0.2) is 0 Å². The highest BCUT2D eigenvalue weighted by Gasteiger charge is 2.24. The van der Waals surface area contributed by atoms with Gasteiger partial charge in [0.1, 0.15) is 11.9 Å². The van der Waals surface area contributed by atoms with Gasteiger partial charge in [0.05, 0.1) is 22.0 Å². The van der Waals surface area contributed by atoms with Crippen LogP contribution >= 0.6 is 11.3 Å². The molecule has 0 spiro atoms. The molecular weight excluding hydrogens is 346 g/mol. The number of nitrogens with one attached hydrogen (secondary N) is 2. The van der Waals surface area contributed by atoms with E-state index in [2.05, 4.69) is 31.0 Å². The zero-order chi connectivity index (χ0) is 18.1. The molecule has 1 fully saturated rings. The van der Waals surface area contributed by atoms with E-state index in [4.69, 9.17) is 0 Å². The average Bonchev–Trinajstić information content (AvgIpc) is 2.99. The zero-order valence-corrected chi connectivity index (χ0v) is 15.8. The third kappa shape index (κ3) is 3.42. The molecule has 1 aliphatic carbocycles. The minimum absolute atomic E-state index is 0.0304. The summed E-state index contributed by atoms with van der Waals surface area (Å²) in [5.74, 6) is 0.515. The number of aryl methyl sites for hydroxylation is 1. The second-order valence-corrected chi connectivity index (χ2v) is 7.73. The fourth-order valence-electron chi connectivity index (χ4n) is 3.08. The van der Waals surface area contributed by atoms with Gasteiger partial charge in [-0.3, -0.25) is 10.3 Å². The number of hydrogen-bond acceptors (Lipinski definition) is 7. The number of aromatic nitrogens is 3. The van der Waals surface area contributed by atoms with Gasteiger partial charge < -0.3 is 10.4 Å². The van der Waals surface area contributed by atoms with E-state index in [-0.39, 0.29) is 6.04 Å². The SMILES string of the molecule is Cc1csc2c(C(O)NC3CCC3)nc(NC(C)c3ccccn3)nc12. The molecule has 2 atom stereocenters. The third-order valence-corrected chi connectivity index (χ3v) is 5.96. The van der Waals surface area contributed by atoms with Crippen molar-refractivity contribution < 1.29 is 5.11 Å². The number of aliphatic hydroxyl groups is 1. The Morgan fingerprint density at radius 1 is 1.27 bits per heavy atom. The Kier molecular flexibility index (Phi) is 4.84. The van der Waals surface area contributed by atoms with Gasteiger partial charge in [0.25, 0.3) is 0 Å². The normalized spacial score (nSPS) is 17.0. The first-order valence-corrected chi connectivity index (χ1v) is 9.87. The Morgan fingerprint density at radius 2 is 2.12 bits per heavy atom. The molecule has 0 radical (unpaired) electrons. The van der Waals surface area contributed by atoms with E-state index in [1.54, 1.807) is 17.5 Å². The van der Waals surface area contributed by atoms with Crippen LogP contribution in [-0.4, -0.2) is 26.1 Å². The van der Waals surface area contributed by atoms with Crippen LogP contribution in [0.5, 0.6) is 0 Å². The molecular formula is C19H23N5OS. The minimum atomic E-state index is -0.783. The van der Waals surface area contributed by atoms with Gasteiger partial charge in [-0.05, 0) is 49.8 Å². The number of hydrogen-bond donors (Lipinski definition) is 3. The first-order chi connectivity index (χ1) is 12.6. The maximum absolute atomic E-state index is 10.7. The maximum Gasteiger partial charge on any atom is 0.224 e. The minimum Gasteiger partial charge on any atom is -0.373 e. The number of pyridine rings is 1. The second kappa shape index (κ2) is 7.26. The molecule has 3 N–H and O–H groups in total. The summed E-state index contributed by atoms with van der Waals surface area (Å²) in [6, 6.07) is 6.18. The van der Waals surface area contributed by atoms with Crippen molar-refractivity contribution in [1.82, 2.24) is 20.3 Å². The van der Waals surface area contributed by atoms with Crippen LogP contribution in [0.2, 0.25) is 0 Å². The summed E-state index contributed by atoms with van der Waals surface area (Å²) in [5, 5.41) is 19.4. The third-order valence-electron chi connectivity index (χ3n) is 4.85. The van der Waals surface area contributed by atoms with Crippen LogP contribution < -0.4 is 10.6 Å². The number of thiophene rings is 1. The first-order valence-electron chi connectivity index (χ1n) is 8.99. The Morgan fingerprint density at radius 3 is 2.81 bits per heavy atom. The van der Waals surface area contributed by atoms with Crippen LogP contribution in [0, 0.1) is 6.92 Å². The highest BCUT2D eigenvalue weighted by atomic mass is 32.1. The lowest BCUT2D eigenvalue weighted by molar-refractivity contribution is 0.102. The van der Waals surface area contributed by atoms with Crippen LogP contribution in [0.1, 0.15) is 55.4 Å². The smallest absolute Gasteiger partial charge is 0.224 e. The van der Waals surface area contributed by atoms with E-state index in [9.17, 15) is 5.11 Å². The molecule has 3 aromatic rings. The topological polar surface area (TPSA) is 83.0 Å². The van der Waals surface area contributed by atoms with Gasteiger partial charge in [-0.25, -0.2) is 9.97 Å². The van der Waals surface area contributed by atoms with Crippen molar-refractivity contribution in [2.75, 3.05) is 5.32 Å². The van der Waals surface area contributed by atoms with Gasteiger partial charge in [-0.1, -0.05) is 12.5 Å². The monoisotopic (exact) mass is 369 g/mol. The summed E-state index contributed by atoms with van der Waals surface area (Å²) >= 11 is 1.58. The molecule has 136 valence electrons. The summed E-state index contributed by atoms with van der Waals surface area (Å²) < 4.78 is 0.942. The van der Waals surface area contributed by atoms with Crippen LogP contribution in [0.15, 0.2) is 29.8 Å². The molecule has 7 heteroatoms. The molecule has 0 aliphatic heterocycles. The predicted molar refractivity (Wildman–Crippen MR) is 104 cm³/mol. The molecule has 4 rings (SSSR count). The predicted octanol–water partition coefficient (Wildman–Crippen LogP) is 3.70. The maximum atomic E-state index is 10.7. The quantitative estimate of drug-likeness (QED) is 0.575. The zero-order valence-electron chi connectivity index (χ0n) is 14.9. The fraction of sp³-hybridized carbons (Fsp3) is 0.421. The summed E-state index contributed by atoms with van der Waals surface area (Å²) in [5.41, 5.74) is 3.56. The molecule has 6 nitrogen and oxygen atoms in total. The Hall–Kier alpha value is -2.09. The van der Waals surface area contributed by atoms with Crippen LogP contribution in [0.25, 0.3) is 10.2 Å². The van der Waals surface area contributed by atoms with Gasteiger partial charge in [0.2, 0.25) is 5.95 Å². The molecule has 0 amide bonds. The summed E-state index contributed by atoms with van der Waals surface area (Å²) in [4.78, 5) is 13.7. The van der Waals surface area contributed by atoms with E-state index in [1.165, 1.54) is 6.42 Å². The van der Waals surface area contributed by atoms with Crippen LogP contribution in [0.4, 0.5) is 5.95 Å². The van der Waals surface area contributed by atoms with Crippen LogP contribution in [-0.2, 0) is 0 Å². The molecule has 1 aliphatic rings. The number of aliphatic hydroxyl groups excluding tert-OH is 1. The van der Waals surface area contributed by atoms with Crippen molar-refractivity contribution in [1.29, 1.82) is 0 Å². The van der Waals surface area contributed by atoms with Crippen molar-refractivity contribution in [2.24, 2.45) is 0 Å². The van der Waals surface area contributed by atoms with E-state index < -0.39 is 6.23 Å². The van der Waals surface area contributed by atoms with Gasteiger partial charge in [0, 0.05) is 12.2 Å². The number of nitrogens with zero attached hydrogens (tertiary/aromatic N) is 3.